The quantitative estimate of drug-likeness (QED) is 0.0355. The molecule has 0 heterocycles. The SMILES string of the molecule is CC(C)C[C@H](NC(=O)[C@@H](NC(=O)[C@H](CCCN=C(N)NC#N)NC(=O)OCc1ccccc1)C(C)C)[C@@H](O)CC(=O)NCCc1ccccc1. The summed E-state index contributed by atoms with van der Waals surface area (Å²) in [5.74, 6) is -1.87. The predicted octanol–water partition coefficient (Wildman–Crippen LogP) is 2.23. The molecule has 0 saturated heterocycles. The smallest absolute Gasteiger partial charge is 0.408 e. The largest absolute Gasteiger partial charge is 0.445 e. The van der Waals surface area contributed by atoms with E-state index in [9.17, 15) is 24.3 Å². The summed E-state index contributed by atoms with van der Waals surface area (Å²) < 4.78 is 5.32. The average molecular weight is 693 g/mol. The van der Waals surface area contributed by atoms with Crippen molar-refractivity contribution in [3.05, 3.63) is 71.8 Å². The molecule has 0 radical (unpaired) electrons. The molecule has 0 fully saturated rings. The third-order valence-electron chi connectivity index (χ3n) is 7.68. The van der Waals surface area contributed by atoms with E-state index in [4.69, 9.17) is 15.7 Å². The van der Waals surface area contributed by atoms with Gasteiger partial charge in [0.05, 0.1) is 18.6 Å². The Bertz CT molecular complexity index is 1410. The number of rotatable bonds is 20. The fraction of sp³-hybridized carbons (Fsp3) is 0.500. The van der Waals surface area contributed by atoms with Crippen molar-refractivity contribution in [2.75, 3.05) is 13.1 Å². The second kappa shape index (κ2) is 22.5. The van der Waals surface area contributed by atoms with E-state index in [2.05, 4.69) is 31.6 Å². The summed E-state index contributed by atoms with van der Waals surface area (Å²) in [5, 5.41) is 33.0. The molecule has 0 aliphatic heterocycles. The summed E-state index contributed by atoms with van der Waals surface area (Å²) in [6, 6.07) is 15.9. The highest BCUT2D eigenvalue weighted by Crippen LogP contribution is 2.14. The maximum Gasteiger partial charge on any atom is 0.408 e. The number of nitrogens with one attached hydrogen (secondary N) is 5. The van der Waals surface area contributed by atoms with Crippen LogP contribution in [0.5, 0.6) is 0 Å². The highest BCUT2D eigenvalue weighted by Gasteiger charge is 2.32. The van der Waals surface area contributed by atoms with Gasteiger partial charge < -0.3 is 36.8 Å². The van der Waals surface area contributed by atoms with Gasteiger partial charge in [-0.2, -0.15) is 5.26 Å². The third kappa shape index (κ3) is 16.3. The molecule has 2 rings (SSSR count). The lowest BCUT2D eigenvalue weighted by molar-refractivity contribution is -0.132. The Balaban J connectivity index is 2.08. The summed E-state index contributed by atoms with van der Waals surface area (Å²) in [6.07, 6.45) is 0.931. The van der Waals surface area contributed by atoms with Gasteiger partial charge in [-0.05, 0) is 48.6 Å². The molecule has 50 heavy (non-hydrogen) atoms. The van der Waals surface area contributed by atoms with Gasteiger partial charge in [-0.3, -0.25) is 24.7 Å². The number of nitriles is 1. The zero-order chi connectivity index (χ0) is 36.9. The molecule has 2 aromatic rings. The van der Waals surface area contributed by atoms with Crippen LogP contribution < -0.4 is 32.3 Å². The van der Waals surface area contributed by atoms with Crippen molar-refractivity contribution in [2.45, 2.75) is 90.6 Å². The van der Waals surface area contributed by atoms with E-state index < -0.39 is 42.1 Å². The number of aliphatic hydroxyl groups excluding tert-OH is 1. The molecule has 0 aliphatic carbocycles. The number of hydrogen-bond donors (Lipinski definition) is 7. The fourth-order valence-electron chi connectivity index (χ4n) is 5.04. The zero-order valence-corrected chi connectivity index (χ0v) is 29.4. The number of aliphatic hydroxyl groups is 1. The van der Waals surface area contributed by atoms with Crippen molar-refractivity contribution in [1.29, 1.82) is 5.26 Å². The number of carbonyl (C=O) groups is 4. The van der Waals surface area contributed by atoms with Crippen LogP contribution in [0.15, 0.2) is 65.7 Å². The lowest BCUT2D eigenvalue weighted by Gasteiger charge is -2.30. The molecule has 0 unspecified atom stereocenters. The molecule has 14 nitrogen and oxygen atoms in total. The first-order chi connectivity index (χ1) is 23.9. The van der Waals surface area contributed by atoms with Crippen LogP contribution in [0.25, 0.3) is 0 Å². The number of hydrogen-bond acceptors (Lipinski definition) is 8. The van der Waals surface area contributed by atoms with Crippen LogP contribution >= 0.6 is 0 Å². The molecule has 8 N–H and O–H groups in total. The van der Waals surface area contributed by atoms with E-state index in [1.165, 1.54) is 0 Å². The molecule has 0 spiro atoms. The van der Waals surface area contributed by atoms with Gasteiger partial charge in [-0.1, -0.05) is 88.4 Å². The van der Waals surface area contributed by atoms with Crippen LogP contribution in [0.4, 0.5) is 4.79 Å². The van der Waals surface area contributed by atoms with Gasteiger partial charge in [0.1, 0.15) is 18.7 Å². The standard InChI is InChI=1S/C36H52N8O6/c1-24(2)20-29(30(45)21-31(46)39-19-17-26-12-7-5-8-13-26)42-34(48)32(25(3)4)44-33(47)28(16-11-18-40-35(38)41-23-37)43-36(49)50-22-27-14-9-6-10-15-27/h5-10,12-15,24-25,28-30,32,45H,11,16-22H2,1-4H3,(H,39,46)(H,42,48)(H,43,49)(H,44,47)(H3,38,40,41)/t28-,29-,30-,32-/m0/s1. The number of nitrogens with zero attached hydrogens (tertiary/aromatic N) is 2. The van der Waals surface area contributed by atoms with E-state index in [-0.39, 0.29) is 49.7 Å². The van der Waals surface area contributed by atoms with E-state index in [0.29, 0.717) is 25.8 Å². The third-order valence-corrected chi connectivity index (χ3v) is 7.68. The number of aliphatic imine (C=N–C) groups is 1. The van der Waals surface area contributed by atoms with Crippen molar-refractivity contribution in [2.24, 2.45) is 22.6 Å². The number of benzene rings is 2. The highest BCUT2D eigenvalue weighted by atomic mass is 16.5. The monoisotopic (exact) mass is 692 g/mol. The molecular weight excluding hydrogens is 640 g/mol. The maximum absolute atomic E-state index is 13.6. The lowest BCUT2D eigenvalue weighted by Crippen LogP contribution is -2.58. The molecule has 0 aliphatic rings. The van der Waals surface area contributed by atoms with Crippen LogP contribution in [-0.2, 0) is 32.1 Å². The number of amides is 4. The summed E-state index contributed by atoms with van der Waals surface area (Å²) in [6.45, 7) is 7.95. The molecule has 0 aromatic heterocycles. The second-order valence-electron chi connectivity index (χ2n) is 12.7. The first-order valence-electron chi connectivity index (χ1n) is 16.9. The first-order valence-corrected chi connectivity index (χ1v) is 16.9. The Morgan fingerprint density at radius 3 is 2.16 bits per heavy atom. The Hall–Kier alpha value is -5.16. The van der Waals surface area contributed by atoms with Crippen molar-refractivity contribution >= 4 is 29.8 Å². The van der Waals surface area contributed by atoms with Gasteiger partial charge in [0.15, 0.2) is 6.19 Å². The average Bonchev–Trinajstić information content (AvgIpc) is 3.07. The summed E-state index contributed by atoms with van der Waals surface area (Å²) in [4.78, 5) is 56.6. The Kier molecular flexibility index (Phi) is 18.4. The van der Waals surface area contributed by atoms with Crippen LogP contribution in [0, 0.1) is 23.3 Å². The predicted molar refractivity (Wildman–Crippen MR) is 190 cm³/mol. The van der Waals surface area contributed by atoms with Gasteiger partial charge in [0.2, 0.25) is 23.7 Å². The Labute approximate surface area is 294 Å². The molecule has 0 saturated carbocycles. The normalized spacial score (nSPS) is 13.7. The molecule has 0 bridgehead atoms. The topological polar surface area (TPSA) is 220 Å². The molecule has 272 valence electrons. The maximum atomic E-state index is 13.6. The van der Waals surface area contributed by atoms with Crippen molar-refractivity contribution in [1.82, 2.24) is 26.6 Å². The minimum Gasteiger partial charge on any atom is -0.445 e. The number of nitrogens with two attached hydrogens (primary N) is 1. The fourth-order valence-corrected chi connectivity index (χ4v) is 5.04. The van der Waals surface area contributed by atoms with Crippen LogP contribution in [0.3, 0.4) is 0 Å². The minimum absolute atomic E-state index is 0.0106. The van der Waals surface area contributed by atoms with Gasteiger partial charge in [0, 0.05) is 13.1 Å². The van der Waals surface area contributed by atoms with Crippen molar-refractivity contribution in [3.63, 3.8) is 0 Å². The van der Waals surface area contributed by atoms with Crippen molar-refractivity contribution < 1.29 is 29.0 Å². The highest BCUT2D eigenvalue weighted by molar-refractivity contribution is 5.91. The van der Waals surface area contributed by atoms with E-state index in [1.807, 2.05) is 62.4 Å². The summed E-state index contributed by atoms with van der Waals surface area (Å²) in [7, 11) is 0. The van der Waals surface area contributed by atoms with E-state index >= 15 is 0 Å². The molecule has 14 heteroatoms. The zero-order valence-electron chi connectivity index (χ0n) is 29.4. The van der Waals surface area contributed by atoms with Gasteiger partial charge in [-0.15, -0.1) is 0 Å². The number of carbonyl (C=O) groups excluding carboxylic acids is 4. The molecule has 4 atom stereocenters. The summed E-state index contributed by atoms with van der Waals surface area (Å²) in [5.41, 5.74) is 7.43. The van der Waals surface area contributed by atoms with Crippen LogP contribution in [-0.4, -0.2) is 72.2 Å². The second-order valence-corrected chi connectivity index (χ2v) is 12.7. The molecular formula is C36H52N8O6. The van der Waals surface area contributed by atoms with Gasteiger partial charge in [0.25, 0.3) is 0 Å². The van der Waals surface area contributed by atoms with Gasteiger partial charge >= 0.3 is 6.09 Å². The minimum atomic E-state index is -1.17. The number of ether oxygens (including phenoxy) is 1. The molecule has 4 amide bonds. The van der Waals surface area contributed by atoms with E-state index in [1.54, 1.807) is 32.2 Å². The molecule has 2 aromatic carbocycles. The lowest BCUT2D eigenvalue weighted by atomic mass is 9.95. The first kappa shape index (κ1) is 41.0. The Morgan fingerprint density at radius 1 is 0.920 bits per heavy atom. The van der Waals surface area contributed by atoms with Crippen molar-refractivity contribution in [3.8, 4) is 6.19 Å². The number of alkyl carbamates (subject to hydrolysis) is 1. The van der Waals surface area contributed by atoms with E-state index in [0.717, 1.165) is 11.1 Å². The van der Waals surface area contributed by atoms with Crippen LogP contribution in [0.1, 0.15) is 64.5 Å². The van der Waals surface area contributed by atoms with Gasteiger partial charge in [-0.25, -0.2) is 4.79 Å². The number of guanidine groups is 1. The summed E-state index contributed by atoms with van der Waals surface area (Å²) >= 11 is 0. The Morgan fingerprint density at radius 2 is 1.56 bits per heavy atom. The van der Waals surface area contributed by atoms with Crippen LogP contribution in [0.2, 0.25) is 0 Å².